The van der Waals surface area contributed by atoms with Crippen LogP contribution in [-0.2, 0) is 23.0 Å². The third kappa shape index (κ3) is 6.55. The van der Waals surface area contributed by atoms with Crippen LogP contribution in [0.3, 0.4) is 0 Å². The lowest BCUT2D eigenvalue weighted by Crippen LogP contribution is -2.88. The number of carbonyl (C=O) groups excluding carboxylic acids is 2. The summed E-state index contributed by atoms with van der Waals surface area (Å²) in [6.07, 6.45) is 5.48. The van der Waals surface area contributed by atoms with Crippen molar-refractivity contribution in [1.29, 1.82) is 0 Å². The maximum absolute atomic E-state index is 13.2. The van der Waals surface area contributed by atoms with Gasteiger partial charge in [-0.15, -0.1) is 11.3 Å². The molecule has 0 spiro atoms. The minimum atomic E-state index is -3.09. The highest BCUT2D eigenvalue weighted by molar-refractivity contribution is 7.83. The van der Waals surface area contributed by atoms with E-state index in [1.165, 1.54) is 22.3 Å². The fraction of sp³-hybridized carbons (Fsp3) is 0.480. The van der Waals surface area contributed by atoms with Gasteiger partial charge in [0.1, 0.15) is 12.2 Å². The second-order valence-corrected chi connectivity index (χ2v) is 13.6. The molecule has 2 amide bonds. The summed E-state index contributed by atoms with van der Waals surface area (Å²) in [6, 6.07) is 6.87. The third-order valence-corrected chi connectivity index (χ3v) is 9.25. The van der Waals surface area contributed by atoms with Gasteiger partial charge >= 0.3 is 0 Å². The number of benzene rings is 1. The van der Waals surface area contributed by atoms with E-state index >= 15 is 0 Å². The first-order chi connectivity index (χ1) is 18.1. The van der Waals surface area contributed by atoms with Crippen LogP contribution < -0.4 is 15.4 Å². The summed E-state index contributed by atoms with van der Waals surface area (Å²) in [5, 5.41) is 8.16. The van der Waals surface area contributed by atoms with Crippen LogP contribution in [-0.4, -0.2) is 73.1 Å². The molecule has 38 heavy (non-hydrogen) atoms. The molecular formula is C25H32ClN6O4S2+. The van der Waals surface area contributed by atoms with Gasteiger partial charge in [0.15, 0.2) is 5.01 Å². The first kappa shape index (κ1) is 27.1. The number of hydrogen-bond donors (Lipinski definition) is 4. The van der Waals surface area contributed by atoms with Crippen LogP contribution in [0.2, 0.25) is 5.02 Å². The van der Waals surface area contributed by atoms with Crippen molar-refractivity contribution in [3.05, 3.63) is 50.6 Å². The zero-order chi connectivity index (χ0) is 26.9. The predicted molar refractivity (Wildman–Crippen MR) is 147 cm³/mol. The molecule has 0 radical (unpaired) electrons. The summed E-state index contributed by atoms with van der Waals surface area (Å²) in [7, 11) is -3.09. The Morgan fingerprint density at radius 3 is 2.66 bits per heavy atom. The first-order valence-corrected chi connectivity index (χ1v) is 15.9. The van der Waals surface area contributed by atoms with Gasteiger partial charge in [0.05, 0.1) is 11.9 Å². The molecule has 5 N–H and O–H groups in total. The summed E-state index contributed by atoms with van der Waals surface area (Å²) in [5.41, 5.74) is 2.24. The molecule has 3 aromatic rings. The van der Waals surface area contributed by atoms with Gasteiger partial charge in [-0.3, -0.25) is 14.5 Å². The maximum Gasteiger partial charge on any atom is 0.291 e. The van der Waals surface area contributed by atoms with Crippen LogP contribution >= 0.6 is 22.9 Å². The number of carbonyl (C=O) groups is 2. The smallest absolute Gasteiger partial charge is 0.291 e. The van der Waals surface area contributed by atoms with Crippen LogP contribution in [0.25, 0.3) is 10.9 Å². The molecule has 2 atom stereocenters. The van der Waals surface area contributed by atoms with Crippen LogP contribution in [0.15, 0.2) is 24.3 Å². The number of H-pyrrole nitrogens is 1. The molecule has 1 saturated carbocycles. The number of quaternary nitrogens is 1. The van der Waals surface area contributed by atoms with Crippen molar-refractivity contribution in [2.45, 2.75) is 50.7 Å². The molecule has 1 aromatic carbocycles. The number of nitrogens with one attached hydrogen (secondary N) is 3. The minimum absolute atomic E-state index is 0.175. The van der Waals surface area contributed by atoms with Gasteiger partial charge in [0.25, 0.3) is 21.8 Å². The molecule has 3 heterocycles. The first-order valence-electron chi connectivity index (χ1n) is 12.8. The fourth-order valence-electron chi connectivity index (χ4n) is 5.16. The van der Waals surface area contributed by atoms with Gasteiger partial charge in [-0.25, -0.2) is 9.71 Å². The summed E-state index contributed by atoms with van der Waals surface area (Å²) in [6.45, 7) is 2.57. The average molecular weight is 580 g/mol. The Morgan fingerprint density at radius 2 is 1.92 bits per heavy atom. The lowest BCUT2D eigenvalue weighted by Gasteiger charge is -2.32. The Bertz CT molecular complexity index is 1450. The van der Waals surface area contributed by atoms with E-state index in [9.17, 15) is 18.0 Å². The number of sulfonamides is 1. The van der Waals surface area contributed by atoms with E-state index in [4.69, 9.17) is 11.6 Å². The number of nitrogens with zero attached hydrogens (tertiary/aromatic N) is 2. The van der Waals surface area contributed by atoms with Crippen molar-refractivity contribution in [1.82, 2.24) is 25.5 Å². The van der Waals surface area contributed by atoms with E-state index in [0.29, 0.717) is 35.4 Å². The van der Waals surface area contributed by atoms with Crippen molar-refractivity contribution in [3.63, 3.8) is 0 Å². The Labute approximate surface area is 230 Å². The molecule has 1 aliphatic heterocycles. The zero-order valence-corrected chi connectivity index (χ0v) is 23.5. The van der Waals surface area contributed by atoms with Gasteiger partial charge in [-0.05, 0) is 37.1 Å². The van der Waals surface area contributed by atoms with Crippen LogP contribution in [0.4, 0.5) is 0 Å². The molecule has 0 bridgehead atoms. The number of rotatable bonds is 8. The van der Waals surface area contributed by atoms with Crippen LogP contribution in [0, 0.1) is 0 Å². The predicted octanol–water partition coefficient (Wildman–Crippen LogP) is 1.63. The number of hydrogen-bond acceptors (Lipinski definition) is 7. The molecule has 5 rings (SSSR count). The minimum Gasteiger partial charge on any atom is -0.351 e. The fourth-order valence-corrected chi connectivity index (χ4v) is 6.93. The molecule has 0 saturated heterocycles. The molecule has 10 nitrogen and oxygen atoms in total. The zero-order valence-electron chi connectivity index (χ0n) is 21.1. The second kappa shape index (κ2) is 11.3. The van der Waals surface area contributed by atoms with Crippen LogP contribution in [0.1, 0.15) is 56.5 Å². The van der Waals surface area contributed by atoms with E-state index in [1.54, 1.807) is 12.1 Å². The SMILES string of the molecule is CS(=O)(=O)[NH2+]CCN1CCc2nc(C(=O)N[C@@H]3CCCC[C@@H]3NC(=O)c3cc4cc(Cl)ccc4[nH]3)sc2C1. The topological polar surface area (TPSA) is 141 Å². The number of halogens is 1. The highest BCUT2D eigenvalue weighted by Crippen LogP contribution is 2.26. The molecule has 204 valence electrons. The monoisotopic (exact) mass is 579 g/mol. The molecular weight excluding hydrogens is 548 g/mol. The van der Waals surface area contributed by atoms with Crippen molar-refractivity contribution in [2.75, 3.05) is 25.9 Å². The summed E-state index contributed by atoms with van der Waals surface area (Å²) in [4.78, 5) is 37.2. The highest BCUT2D eigenvalue weighted by Gasteiger charge is 2.30. The quantitative estimate of drug-likeness (QED) is 0.320. The molecule has 2 aliphatic rings. The Morgan fingerprint density at radius 1 is 1.18 bits per heavy atom. The van der Waals surface area contributed by atoms with Gasteiger partial charge in [-0.2, -0.15) is 8.42 Å². The van der Waals surface area contributed by atoms with Crippen molar-refractivity contribution in [3.8, 4) is 0 Å². The van der Waals surface area contributed by atoms with Crippen molar-refractivity contribution < 1.29 is 22.7 Å². The van der Waals surface area contributed by atoms with Crippen molar-refractivity contribution in [2.24, 2.45) is 0 Å². The molecule has 2 aromatic heterocycles. The van der Waals surface area contributed by atoms with Gasteiger partial charge in [-0.1, -0.05) is 24.4 Å². The second-order valence-electron chi connectivity index (χ2n) is 10.1. The van der Waals surface area contributed by atoms with Gasteiger partial charge in [0, 0.05) is 58.9 Å². The van der Waals surface area contributed by atoms with E-state index in [1.807, 2.05) is 12.1 Å². The molecule has 1 aliphatic carbocycles. The largest absolute Gasteiger partial charge is 0.351 e. The number of primary sulfonamides is 1. The normalized spacial score (nSPS) is 20.3. The lowest BCUT2D eigenvalue weighted by atomic mass is 9.90. The van der Waals surface area contributed by atoms with E-state index in [-0.39, 0.29) is 23.9 Å². The Kier molecular flexibility index (Phi) is 8.06. The molecule has 1 fully saturated rings. The number of thiazole rings is 1. The standard InChI is InChI=1S/C25H31ClN6O4S2/c1-38(35,36)27-9-11-32-10-8-20-22(14-32)37-25(31-20)24(34)30-19-5-3-2-4-18(19)29-23(33)21-13-15-12-16(26)6-7-17(15)28-21/h6-7,12-13,18-19,27-28H,2-5,8-11,14H2,1H3,(H,29,33)(H,30,34)/p+1/t18-,19+/m0/s1. The number of aromatic nitrogens is 2. The van der Waals surface area contributed by atoms with Crippen molar-refractivity contribution >= 4 is 55.7 Å². The van der Waals surface area contributed by atoms with E-state index < -0.39 is 10.0 Å². The number of fused-ring (bicyclic) bond motifs is 2. The summed E-state index contributed by atoms with van der Waals surface area (Å²) >= 11 is 7.47. The van der Waals surface area contributed by atoms with E-state index in [0.717, 1.165) is 60.1 Å². The van der Waals surface area contributed by atoms with Gasteiger partial charge in [0.2, 0.25) is 0 Å². The highest BCUT2D eigenvalue weighted by atomic mass is 35.5. The lowest BCUT2D eigenvalue weighted by molar-refractivity contribution is -0.496. The summed E-state index contributed by atoms with van der Waals surface area (Å²) < 4.78 is 24.1. The number of amides is 2. The van der Waals surface area contributed by atoms with Crippen LogP contribution in [0.5, 0.6) is 0 Å². The Balaban J connectivity index is 1.20. The average Bonchev–Trinajstić information content (AvgIpc) is 3.48. The summed E-state index contributed by atoms with van der Waals surface area (Å²) in [5.74, 6) is -0.422. The molecule has 0 unspecified atom stereocenters. The number of aromatic amines is 1. The van der Waals surface area contributed by atoms with E-state index in [2.05, 4.69) is 25.5 Å². The number of nitrogens with two attached hydrogens (primary N) is 1. The molecule has 13 heteroatoms. The van der Waals surface area contributed by atoms with Gasteiger partial charge < -0.3 is 15.6 Å². The third-order valence-electron chi connectivity index (χ3n) is 7.10. The Hall–Kier alpha value is -2.51. The maximum atomic E-state index is 13.2.